The fourth-order valence-corrected chi connectivity index (χ4v) is 1.78. The lowest BCUT2D eigenvalue weighted by molar-refractivity contribution is -0.143. The van der Waals surface area contributed by atoms with Crippen LogP contribution in [0.25, 0.3) is 0 Å². The van der Waals surface area contributed by atoms with E-state index in [1.165, 1.54) is 7.11 Å². The van der Waals surface area contributed by atoms with Crippen molar-refractivity contribution < 1.29 is 14.3 Å². The molecule has 0 radical (unpaired) electrons. The number of rotatable bonds is 4. The third kappa shape index (κ3) is 4.42. The van der Waals surface area contributed by atoms with Crippen molar-refractivity contribution in [1.82, 2.24) is 5.32 Å². The Morgan fingerprint density at radius 3 is 2.45 bits per heavy atom. The van der Waals surface area contributed by atoms with Crippen molar-refractivity contribution in [3.8, 4) is 0 Å². The van der Waals surface area contributed by atoms with Gasteiger partial charge in [-0.1, -0.05) is 31.5 Å². The first-order chi connectivity index (χ1) is 9.35. The Hall–Kier alpha value is -1.75. The Bertz CT molecular complexity index is 503. The van der Waals surface area contributed by atoms with Gasteiger partial charge in [0.05, 0.1) is 7.11 Å². The minimum atomic E-state index is -0.694. The van der Waals surface area contributed by atoms with Gasteiger partial charge in [0.1, 0.15) is 6.04 Å². The van der Waals surface area contributed by atoms with E-state index in [0.717, 1.165) is 5.56 Å². The lowest BCUT2D eigenvalue weighted by Crippen LogP contribution is -2.46. The highest BCUT2D eigenvalue weighted by atomic mass is 35.5. The lowest BCUT2D eigenvalue weighted by atomic mass is 10.1. The molecule has 0 fully saturated rings. The Morgan fingerprint density at radius 1 is 1.30 bits per heavy atom. The van der Waals surface area contributed by atoms with Crippen molar-refractivity contribution >= 4 is 29.3 Å². The molecule has 0 aliphatic carbocycles. The second-order valence-corrected chi connectivity index (χ2v) is 5.21. The van der Waals surface area contributed by atoms with Crippen molar-refractivity contribution in [2.75, 3.05) is 12.4 Å². The molecule has 0 bridgehead atoms. The number of carbonyl (C=O) groups excluding carboxylic acids is 2. The summed E-state index contributed by atoms with van der Waals surface area (Å²) in [7, 11) is 1.29. The van der Waals surface area contributed by atoms with Crippen LogP contribution in [0.4, 0.5) is 10.5 Å². The summed E-state index contributed by atoms with van der Waals surface area (Å²) in [4.78, 5) is 23.4. The topological polar surface area (TPSA) is 67.4 Å². The highest BCUT2D eigenvalue weighted by Crippen LogP contribution is 2.19. The summed E-state index contributed by atoms with van der Waals surface area (Å²) in [6.07, 6.45) is 0. The minimum absolute atomic E-state index is 0.0743. The maximum absolute atomic E-state index is 11.9. The van der Waals surface area contributed by atoms with Crippen LogP contribution < -0.4 is 10.6 Å². The largest absolute Gasteiger partial charge is 0.467 e. The zero-order valence-electron chi connectivity index (χ0n) is 12.0. The van der Waals surface area contributed by atoms with E-state index >= 15 is 0 Å². The highest BCUT2D eigenvalue weighted by Gasteiger charge is 2.24. The summed E-state index contributed by atoms with van der Waals surface area (Å²) < 4.78 is 4.66. The normalized spacial score (nSPS) is 11.9. The summed E-state index contributed by atoms with van der Waals surface area (Å²) >= 11 is 5.98. The van der Waals surface area contributed by atoms with E-state index in [9.17, 15) is 9.59 Å². The highest BCUT2D eigenvalue weighted by molar-refractivity contribution is 6.31. The van der Waals surface area contributed by atoms with Crippen molar-refractivity contribution in [2.24, 2.45) is 5.92 Å². The number of aryl methyl sites for hydroxylation is 1. The fourth-order valence-electron chi connectivity index (χ4n) is 1.60. The number of hydrogen-bond acceptors (Lipinski definition) is 3. The first kappa shape index (κ1) is 16.3. The van der Waals surface area contributed by atoms with E-state index in [1.54, 1.807) is 18.2 Å². The molecule has 1 atom stereocenters. The lowest BCUT2D eigenvalue weighted by Gasteiger charge is -2.20. The van der Waals surface area contributed by atoms with Crippen LogP contribution in [-0.4, -0.2) is 25.2 Å². The van der Waals surface area contributed by atoms with E-state index in [-0.39, 0.29) is 5.92 Å². The summed E-state index contributed by atoms with van der Waals surface area (Å²) in [5.41, 5.74) is 1.48. The molecule has 0 aromatic heterocycles. The van der Waals surface area contributed by atoms with Crippen molar-refractivity contribution in [3.05, 3.63) is 28.8 Å². The molecule has 0 saturated carbocycles. The number of ether oxygens (including phenoxy) is 1. The summed E-state index contributed by atoms with van der Waals surface area (Å²) in [6.45, 7) is 5.52. The van der Waals surface area contributed by atoms with Gasteiger partial charge in [-0.3, -0.25) is 0 Å². The van der Waals surface area contributed by atoms with Crippen LogP contribution in [0.15, 0.2) is 18.2 Å². The van der Waals surface area contributed by atoms with Crippen LogP contribution in [-0.2, 0) is 9.53 Å². The average Bonchev–Trinajstić information content (AvgIpc) is 2.39. The molecule has 0 aliphatic rings. The number of esters is 1. The second kappa shape index (κ2) is 7.14. The van der Waals surface area contributed by atoms with Gasteiger partial charge in [-0.25, -0.2) is 9.59 Å². The number of urea groups is 1. The first-order valence-electron chi connectivity index (χ1n) is 6.26. The number of halogens is 1. The Labute approximate surface area is 123 Å². The molecule has 0 unspecified atom stereocenters. The second-order valence-electron chi connectivity index (χ2n) is 4.81. The third-order valence-corrected chi connectivity index (χ3v) is 3.25. The zero-order valence-corrected chi connectivity index (χ0v) is 12.7. The monoisotopic (exact) mass is 298 g/mol. The van der Waals surface area contributed by atoms with Crippen molar-refractivity contribution in [2.45, 2.75) is 26.8 Å². The van der Waals surface area contributed by atoms with E-state index in [0.29, 0.717) is 10.7 Å². The van der Waals surface area contributed by atoms with Gasteiger partial charge in [0.15, 0.2) is 0 Å². The van der Waals surface area contributed by atoms with Gasteiger partial charge < -0.3 is 15.4 Å². The number of anilines is 1. The molecular formula is C14H19ClN2O3. The number of methoxy groups -OCH3 is 1. The number of nitrogens with one attached hydrogen (secondary N) is 2. The Kier molecular flexibility index (Phi) is 5.82. The molecule has 0 aliphatic heterocycles. The standard InChI is InChI=1S/C14H19ClN2O3/c1-8(2)12(13(18)20-4)17-14(19)16-10-6-5-9(3)11(15)7-10/h5-8,12H,1-4H3,(H2,16,17,19)/t12-/m0/s1. The van der Waals surface area contributed by atoms with Gasteiger partial charge in [0.25, 0.3) is 0 Å². The van der Waals surface area contributed by atoms with Crippen LogP contribution in [0, 0.1) is 12.8 Å². The molecule has 110 valence electrons. The number of amides is 2. The average molecular weight is 299 g/mol. The van der Waals surface area contributed by atoms with Gasteiger partial charge in [-0.2, -0.15) is 0 Å². The summed E-state index contributed by atoms with van der Waals surface area (Å²) in [5.74, 6) is -0.549. The number of carbonyl (C=O) groups is 2. The molecule has 2 amide bonds. The van der Waals surface area contributed by atoms with Gasteiger partial charge in [-0.05, 0) is 30.5 Å². The molecule has 0 spiro atoms. The van der Waals surface area contributed by atoms with E-state index < -0.39 is 18.0 Å². The van der Waals surface area contributed by atoms with Gasteiger partial charge in [0.2, 0.25) is 0 Å². The molecule has 1 rings (SSSR count). The molecule has 2 N–H and O–H groups in total. The Morgan fingerprint density at radius 2 is 1.95 bits per heavy atom. The summed E-state index contributed by atoms with van der Waals surface area (Å²) in [6, 6.07) is 4.02. The third-order valence-electron chi connectivity index (χ3n) is 2.84. The summed E-state index contributed by atoms with van der Waals surface area (Å²) in [5, 5.41) is 5.78. The molecular weight excluding hydrogens is 280 g/mol. The molecule has 5 nitrogen and oxygen atoms in total. The number of benzene rings is 1. The molecule has 6 heteroatoms. The minimum Gasteiger partial charge on any atom is -0.467 e. The van der Waals surface area contributed by atoms with Crippen molar-refractivity contribution in [3.63, 3.8) is 0 Å². The van der Waals surface area contributed by atoms with Crippen molar-refractivity contribution in [1.29, 1.82) is 0 Å². The maximum Gasteiger partial charge on any atom is 0.328 e. The maximum atomic E-state index is 11.9. The van der Waals surface area contributed by atoms with Crippen LogP contribution in [0.3, 0.4) is 0 Å². The molecule has 0 saturated heterocycles. The molecule has 1 aromatic rings. The van der Waals surface area contributed by atoms with Crippen LogP contribution in [0.5, 0.6) is 0 Å². The van der Waals surface area contributed by atoms with Crippen LogP contribution in [0.1, 0.15) is 19.4 Å². The van der Waals surface area contributed by atoms with Gasteiger partial charge in [0, 0.05) is 10.7 Å². The predicted molar refractivity (Wildman–Crippen MR) is 79.0 cm³/mol. The van der Waals surface area contributed by atoms with Crippen LogP contribution >= 0.6 is 11.6 Å². The fraction of sp³-hybridized carbons (Fsp3) is 0.429. The van der Waals surface area contributed by atoms with Crippen LogP contribution in [0.2, 0.25) is 5.02 Å². The van der Waals surface area contributed by atoms with Gasteiger partial charge >= 0.3 is 12.0 Å². The van der Waals surface area contributed by atoms with E-state index in [1.807, 2.05) is 20.8 Å². The first-order valence-corrected chi connectivity index (χ1v) is 6.64. The zero-order chi connectivity index (χ0) is 15.3. The van der Waals surface area contributed by atoms with E-state index in [2.05, 4.69) is 15.4 Å². The Balaban J connectivity index is 2.70. The van der Waals surface area contributed by atoms with Gasteiger partial charge in [-0.15, -0.1) is 0 Å². The quantitative estimate of drug-likeness (QED) is 0.840. The number of hydrogen-bond donors (Lipinski definition) is 2. The predicted octanol–water partition coefficient (Wildman–Crippen LogP) is 2.97. The smallest absolute Gasteiger partial charge is 0.328 e. The molecule has 20 heavy (non-hydrogen) atoms. The van der Waals surface area contributed by atoms with E-state index in [4.69, 9.17) is 11.6 Å². The SMILES string of the molecule is COC(=O)[C@@H](NC(=O)Nc1ccc(C)c(Cl)c1)C(C)C. The molecule has 0 heterocycles. The molecule has 1 aromatic carbocycles.